The molecule has 0 aliphatic carbocycles. The van der Waals surface area contributed by atoms with Crippen LogP contribution in [-0.2, 0) is 0 Å². The van der Waals surface area contributed by atoms with Crippen LogP contribution in [0, 0.1) is 5.82 Å². The quantitative estimate of drug-likeness (QED) is 0.621. The number of para-hydroxylation sites is 2. The lowest BCUT2D eigenvalue weighted by atomic mass is 10.0. The molecular weight excluding hydrogens is 383 g/mol. The third-order valence-electron chi connectivity index (χ3n) is 5.56. The third-order valence-corrected chi connectivity index (χ3v) is 5.56. The van der Waals surface area contributed by atoms with Crippen LogP contribution in [0.4, 0.5) is 10.1 Å². The number of tetrazole rings is 1. The average Bonchev–Trinajstić information content (AvgIpc) is 3.25. The molecule has 1 atom stereocenters. The van der Waals surface area contributed by atoms with Crippen molar-refractivity contribution >= 4 is 5.69 Å². The lowest BCUT2D eigenvalue weighted by Gasteiger charge is -2.40. The van der Waals surface area contributed by atoms with Crippen LogP contribution in [0.3, 0.4) is 0 Å². The first kappa shape index (κ1) is 20.3. The minimum Gasteiger partial charge on any atom is -0.496 e. The van der Waals surface area contributed by atoms with E-state index >= 15 is 0 Å². The van der Waals surface area contributed by atoms with Crippen molar-refractivity contribution in [3.05, 3.63) is 65.7 Å². The summed E-state index contributed by atoms with van der Waals surface area (Å²) >= 11 is 0. The summed E-state index contributed by atoms with van der Waals surface area (Å²) in [4.78, 5) is 4.44. The van der Waals surface area contributed by atoms with E-state index in [2.05, 4.69) is 45.2 Å². The smallest absolute Gasteiger partial charge is 0.173 e. The van der Waals surface area contributed by atoms with Crippen molar-refractivity contribution in [1.29, 1.82) is 0 Å². The molecule has 0 radical (unpaired) electrons. The highest BCUT2D eigenvalue weighted by molar-refractivity contribution is 5.48. The SMILES string of the molecule is COc1ccccc1[C@@H](c1nnnn1C(C)C)N1CCN(c2ccccc2F)CC1. The van der Waals surface area contributed by atoms with Crippen molar-refractivity contribution in [1.82, 2.24) is 25.1 Å². The second-order valence-corrected chi connectivity index (χ2v) is 7.69. The number of hydrogen-bond acceptors (Lipinski definition) is 6. The van der Waals surface area contributed by atoms with Crippen LogP contribution in [0.2, 0.25) is 0 Å². The van der Waals surface area contributed by atoms with Gasteiger partial charge in [0, 0.05) is 31.7 Å². The average molecular weight is 410 g/mol. The van der Waals surface area contributed by atoms with Gasteiger partial charge in [-0.3, -0.25) is 4.90 Å². The maximum atomic E-state index is 14.3. The molecule has 1 aliphatic rings. The molecule has 1 saturated heterocycles. The highest BCUT2D eigenvalue weighted by Crippen LogP contribution is 2.35. The molecule has 2 heterocycles. The number of methoxy groups -OCH3 is 1. The number of aromatic nitrogens is 4. The number of hydrogen-bond donors (Lipinski definition) is 0. The fraction of sp³-hybridized carbons (Fsp3) is 0.409. The van der Waals surface area contributed by atoms with Gasteiger partial charge < -0.3 is 9.64 Å². The van der Waals surface area contributed by atoms with Crippen LogP contribution in [0.1, 0.15) is 37.3 Å². The van der Waals surface area contributed by atoms with Crippen LogP contribution < -0.4 is 9.64 Å². The van der Waals surface area contributed by atoms with Crippen molar-refractivity contribution in [2.24, 2.45) is 0 Å². The second-order valence-electron chi connectivity index (χ2n) is 7.69. The predicted molar refractivity (Wildman–Crippen MR) is 113 cm³/mol. The molecule has 0 saturated carbocycles. The zero-order valence-electron chi connectivity index (χ0n) is 17.6. The number of ether oxygens (including phenoxy) is 1. The first-order chi connectivity index (χ1) is 14.6. The van der Waals surface area contributed by atoms with Gasteiger partial charge in [-0.25, -0.2) is 9.07 Å². The van der Waals surface area contributed by atoms with E-state index in [4.69, 9.17) is 4.74 Å². The summed E-state index contributed by atoms with van der Waals surface area (Å²) in [5.41, 5.74) is 1.68. The van der Waals surface area contributed by atoms with Gasteiger partial charge in [0.05, 0.1) is 18.8 Å². The lowest BCUT2D eigenvalue weighted by Crippen LogP contribution is -2.48. The summed E-state index contributed by atoms with van der Waals surface area (Å²) in [6.07, 6.45) is 0. The molecule has 7 nitrogen and oxygen atoms in total. The normalized spacial score (nSPS) is 16.1. The van der Waals surface area contributed by atoms with Crippen LogP contribution in [-0.4, -0.2) is 58.4 Å². The predicted octanol–water partition coefficient (Wildman–Crippen LogP) is 3.31. The summed E-state index contributed by atoms with van der Waals surface area (Å²) in [7, 11) is 1.68. The van der Waals surface area contributed by atoms with Crippen LogP contribution in [0.15, 0.2) is 48.5 Å². The van der Waals surface area contributed by atoms with Crippen molar-refractivity contribution in [3.63, 3.8) is 0 Å². The van der Waals surface area contributed by atoms with E-state index in [0.717, 1.165) is 43.3 Å². The minimum absolute atomic E-state index is 0.131. The Labute approximate surface area is 176 Å². The summed E-state index contributed by atoms with van der Waals surface area (Å²) in [5.74, 6) is 1.40. The summed E-state index contributed by atoms with van der Waals surface area (Å²) in [6, 6.07) is 14.9. The molecule has 0 bridgehead atoms. The van der Waals surface area contributed by atoms with Gasteiger partial charge in [0.2, 0.25) is 0 Å². The Morgan fingerprint density at radius 1 is 0.967 bits per heavy atom. The fourth-order valence-corrected chi connectivity index (χ4v) is 4.07. The van der Waals surface area contributed by atoms with E-state index in [1.165, 1.54) is 6.07 Å². The molecule has 4 rings (SSSR count). The Hall–Kier alpha value is -3.00. The number of nitrogens with zero attached hydrogens (tertiary/aromatic N) is 6. The lowest BCUT2D eigenvalue weighted by molar-refractivity contribution is 0.195. The van der Waals surface area contributed by atoms with Crippen molar-refractivity contribution in [3.8, 4) is 5.75 Å². The summed E-state index contributed by atoms with van der Waals surface area (Å²) in [5, 5.41) is 12.6. The molecule has 2 aromatic carbocycles. The van der Waals surface area contributed by atoms with Crippen molar-refractivity contribution in [2.45, 2.75) is 25.9 Å². The highest BCUT2D eigenvalue weighted by atomic mass is 19.1. The monoisotopic (exact) mass is 410 g/mol. The van der Waals surface area contributed by atoms with Gasteiger partial charge in [0.15, 0.2) is 5.82 Å². The number of halogens is 1. The molecule has 0 amide bonds. The molecule has 0 unspecified atom stereocenters. The first-order valence-corrected chi connectivity index (χ1v) is 10.2. The van der Waals surface area contributed by atoms with Crippen molar-refractivity contribution < 1.29 is 9.13 Å². The van der Waals surface area contributed by atoms with Crippen molar-refractivity contribution in [2.75, 3.05) is 38.2 Å². The fourth-order valence-electron chi connectivity index (χ4n) is 4.07. The molecule has 8 heteroatoms. The van der Waals surface area contributed by atoms with Crippen LogP contribution in [0.5, 0.6) is 5.75 Å². The molecule has 158 valence electrons. The van der Waals surface area contributed by atoms with E-state index < -0.39 is 0 Å². The van der Waals surface area contributed by atoms with Gasteiger partial charge in [-0.05, 0) is 42.5 Å². The molecule has 1 aliphatic heterocycles. The molecule has 30 heavy (non-hydrogen) atoms. The van der Waals surface area contributed by atoms with Gasteiger partial charge in [0.1, 0.15) is 17.6 Å². The Balaban J connectivity index is 1.66. The molecule has 0 N–H and O–H groups in total. The molecule has 1 aromatic heterocycles. The van der Waals surface area contributed by atoms with E-state index in [1.807, 2.05) is 35.0 Å². The number of anilines is 1. The van der Waals surface area contributed by atoms with Gasteiger partial charge in [-0.15, -0.1) is 5.10 Å². The highest BCUT2D eigenvalue weighted by Gasteiger charge is 2.33. The van der Waals surface area contributed by atoms with Gasteiger partial charge >= 0.3 is 0 Å². The minimum atomic E-state index is -0.184. The summed E-state index contributed by atoms with van der Waals surface area (Å²) < 4.78 is 21.8. The molecular formula is C22H27FN6O. The molecule has 3 aromatic rings. The van der Waals surface area contributed by atoms with E-state index in [9.17, 15) is 4.39 Å². The van der Waals surface area contributed by atoms with Gasteiger partial charge in [0.25, 0.3) is 0 Å². The Morgan fingerprint density at radius 2 is 1.67 bits per heavy atom. The first-order valence-electron chi connectivity index (χ1n) is 10.2. The van der Waals surface area contributed by atoms with E-state index in [1.54, 1.807) is 13.2 Å². The second kappa shape index (κ2) is 8.79. The maximum Gasteiger partial charge on any atom is 0.173 e. The van der Waals surface area contributed by atoms with E-state index in [-0.39, 0.29) is 17.9 Å². The summed E-state index contributed by atoms with van der Waals surface area (Å²) in [6.45, 7) is 7.07. The van der Waals surface area contributed by atoms with Crippen LogP contribution in [0.25, 0.3) is 0 Å². The number of benzene rings is 2. The Morgan fingerprint density at radius 3 is 2.37 bits per heavy atom. The standard InChI is InChI=1S/C22H27FN6O/c1-16(2)29-22(24-25-26-29)21(17-8-4-7-11-20(17)30-3)28-14-12-27(13-15-28)19-10-6-5-9-18(19)23/h4-11,16,21H,12-15H2,1-3H3/t21-/m0/s1. The Bertz CT molecular complexity index is 983. The number of rotatable bonds is 6. The van der Waals surface area contributed by atoms with Gasteiger partial charge in [-0.2, -0.15) is 0 Å². The van der Waals surface area contributed by atoms with E-state index in [0.29, 0.717) is 5.69 Å². The maximum absolute atomic E-state index is 14.3. The topological polar surface area (TPSA) is 59.3 Å². The zero-order chi connectivity index (χ0) is 21.1. The van der Waals surface area contributed by atoms with Crippen LogP contribution >= 0.6 is 0 Å². The molecule has 1 fully saturated rings. The van der Waals surface area contributed by atoms with Gasteiger partial charge in [-0.1, -0.05) is 30.3 Å². The third kappa shape index (κ3) is 3.87. The number of piperazine rings is 1. The zero-order valence-corrected chi connectivity index (χ0v) is 17.6. The molecule has 0 spiro atoms. The largest absolute Gasteiger partial charge is 0.496 e. The Kier molecular flexibility index (Phi) is 5.94.